The molecule has 0 amide bonds. The molecular formula is C10H15N5S. The molecule has 0 radical (unpaired) electrons. The quantitative estimate of drug-likeness (QED) is 0.826. The SMILES string of the molecule is CCNC(Cc1csc(C)n1)c1cn[nH]n1. The fraction of sp³-hybridized carbons (Fsp3) is 0.500. The molecule has 6 heteroatoms. The van der Waals surface area contributed by atoms with Crippen molar-refractivity contribution in [2.24, 2.45) is 0 Å². The van der Waals surface area contributed by atoms with Gasteiger partial charge in [0.2, 0.25) is 0 Å². The maximum atomic E-state index is 4.46. The Balaban J connectivity index is 2.09. The van der Waals surface area contributed by atoms with Crippen molar-refractivity contribution in [2.75, 3.05) is 6.54 Å². The van der Waals surface area contributed by atoms with Gasteiger partial charge < -0.3 is 5.32 Å². The molecule has 0 aliphatic rings. The summed E-state index contributed by atoms with van der Waals surface area (Å²) in [7, 11) is 0. The van der Waals surface area contributed by atoms with Gasteiger partial charge >= 0.3 is 0 Å². The first-order valence-electron chi connectivity index (χ1n) is 5.29. The normalized spacial score (nSPS) is 12.9. The van der Waals surface area contributed by atoms with E-state index in [1.54, 1.807) is 17.5 Å². The Kier molecular flexibility index (Phi) is 3.63. The summed E-state index contributed by atoms with van der Waals surface area (Å²) in [5, 5.41) is 17.2. The fourth-order valence-corrected chi connectivity index (χ4v) is 2.24. The van der Waals surface area contributed by atoms with E-state index in [0.29, 0.717) is 0 Å². The average Bonchev–Trinajstić information content (AvgIpc) is 2.88. The lowest BCUT2D eigenvalue weighted by Crippen LogP contribution is -2.23. The van der Waals surface area contributed by atoms with Gasteiger partial charge in [0.15, 0.2) is 0 Å². The molecule has 0 aliphatic carbocycles. The monoisotopic (exact) mass is 237 g/mol. The van der Waals surface area contributed by atoms with Crippen LogP contribution in [0.3, 0.4) is 0 Å². The molecule has 2 aromatic heterocycles. The number of aromatic amines is 1. The first-order valence-corrected chi connectivity index (χ1v) is 6.17. The summed E-state index contributed by atoms with van der Waals surface area (Å²) in [6.07, 6.45) is 2.61. The third kappa shape index (κ3) is 2.65. The number of hydrogen-bond acceptors (Lipinski definition) is 5. The maximum Gasteiger partial charge on any atom is 0.0997 e. The zero-order valence-electron chi connectivity index (χ0n) is 9.40. The summed E-state index contributed by atoms with van der Waals surface area (Å²) >= 11 is 1.68. The lowest BCUT2D eigenvalue weighted by Gasteiger charge is -2.13. The van der Waals surface area contributed by atoms with Crippen LogP contribution in [0, 0.1) is 6.92 Å². The van der Waals surface area contributed by atoms with E-state index in [9.17, 15) is 0 Å². The highest BCUT2D eigenvalue weighted by molar-refractivity contribution is 7.09. The minimum atomic E-state index is 0.185. The molecule has 2 rings (SSSR count). The first kappa shape index (κ1) is 11.2. The van der Waals surface area contributed by atoms with Crippen LogP contribution in [0.5, 0.6) is 0 Å². The maximum absolute atomic E-state index is 4.46. The molecule has 86 valence electrons. The highest BCUT2D eigenvalue weighted by Crippen LogP contribution is 2.17. The number of nitrogens with zero attached hydrogens (tertiary/aromatic N) is 3. The number of thiazole rings is 1. The number of H-pyrrole nitrogens is 1. The van der Waals surface area contributed by atoms with Crippen molar-refractivity contribution in [3.63, 3.8) is 0 Å². The van der Waals surface area contributed by atoms with Crippen LogP contribution in [-0.2, 0) is 6.42 Å². The van der Waals surface area contributed by atoms with Crippen molar-refractivity contribution in [3.8, 4) is 0 Å². The fourth-order valence-electron chi connectivity index (χ4n) is 1.62. The molecule has 0 saturated heterocycles. The second-order valence-corrected chi connectivity index (χ2v) is 4.63. The second-order valence-electron chi connectivity index (χ2n) is 3.57. The zero-order chi connectivity index (χ0) is 11.4. The largest absolute Gasteiger partial charge is 0.308 e. The summed E-state index contributed by atoms with van der Waals surface area (Å²) < 4.78 is 0. The van der Waals surface area contributed by atoms with E-state index >= 15 is 0 Å². The van der Waals surface area contributed by atoms with E-state index in [0.717, 1.165) is 29.4 Å². The van der Waals surface area contributed by atoms with Gasteiger partial charge in [0.05, 0.1) is 28.6 Å². The van der Waals surface area contributed by atoms with Gasteiger partial charge in [-0.2, -0.15) is 15.4 Å². The van der Waals surface area contributed by atoms with Crippen LogP contribution in [0.4, 0.5) is 0 Å². The van der Waals surface area contributed by atoms with Gasteiger partial charge in [-0.05, 0) is 13.5 Å². The van der Waals surface area contributed by atoms with Crippen molar-refractivity contribution in [2.45, 2.75) is 26.3 Å². The minimum absolute atomic E-state index is 0.185. The molecule has 16 heavy (non-hydrogen) atoms. The van der Waals surface area contributed by atoms with E-state index in [1.165, 1.54) is 0 Å². The Hall–Kier alpha value is -1.27. The van der Waals surface area contributed by atoms with E-state index < -0.39 is 0 Å². The highest BCUT2D eigenvalue weighted by Gasteiger charge is 2.15. The molecule has 2 N–H and O–H groups in total. The Morgan fingerprint density at radius 1 is 1.56 bits per heavy atom. The zero-order valence-corrected chi connectivity index (χ0v) is 10.2. The molecular weight excluding hydrogens is 222 g/mol. The predicted molar refractivity (Wildman–Crippen MR) is 63.4 cm³/mol. The van der Waals surface area contributed by atoms with Gasteiger partial charge in [-0.25, -0.2) is 4.98 Å². The average molecular weight is 237 g/mol. The van der Waals surface area contributed by atoms with Gasteiger partial charge in [-0.15, -0.1) is 11.3 Å². The summed E-state index contributed by atoms with van der Waals surface area (Å²) in [4.78, 5) is 4.46. The Morgan fingerprint density at radius 3 is 3.00 bits per heavy atom. The van der Waals surface area contributed by atoms with Gasteiger partial charge in [0, 0.05) is 11.8 Å². The summed E-state index contributed by atoms with van der Waals surface area (Å²) in [6, 6.07) is 0.185. The summed E-state index contributed by atoms with van der Waals surface area (Å²) in [6.45, 7) is 5.01. The predicted octanol–water partition coefficient (Wildman–Crippen LogP) is 1.46. The minimum Gasteiger partial charge on any atom is -0.308 e. The van der Waals surface area contributed by atoms with Crippen LogP contribution < -0.4 is 5.32 Å². The standard InChI is InChI=1S/C10H15N5S/c1-3-11-9(10-5-12-15-14-10)4-8-6-16-7(2)13-8/h5-6,9,11H,3-4H2,1-2H3,(H,12,14,15). The first-order chi connectivity index (χ1) is 7.79. The molecule has 2 heterocycles. The van der Waals surface area contributed by atoms with Crippen LogP contribution in [0.2, 0.25) is 0 Å². The lowest BCUT2D eigenvalue weighted by molar-refractivity contribution is 0.531. The van der Waals surface area contributed by atoms with Crippen molar-refractivity contribution in [1.29, 1.82) is 0 Å². The number of rotatable bonds is 5. The topological polar surface area (TPSA) is 66.5 Å². The molecule has 1 atom stereocenters. The van der Waals surface area contributed by atoms with E-state index in [-0.39, 0.29) is 6.04 Å². The van der Waals surface area contributed by atoms with Crippen LogP contribution in [0.1, 0.15) is 29.4 Å². The molecule has 0 aromatic carbocycles. The van der Waals surface area contributed by atoms with E-state index in [4.69, 9.17) is 0 Å². The van der Waals surface area contributed by atoms with Gasteiger partial charge in [0.25, 0.3) is 0 Å². The molecule has 2 aromatic rings. The van der Waals surface area contributed by atoms with Crippen molar-refractivity contribution in [3.05, 3.63) is 28.0 Å². The molecule has 0 saturated carbocycles. The van der Waals surface area contributed by atoms with Crippen LogP contribution in [0.25, 0.3) is 0 Å². The molecule has 0 fully saturated rings. The highest BCUT2D eigenvalue weighted by atomic mass is 32.1. The molecule has 1 unspecified atom stereocenters. The number of aryl methyl sites for hydroxylation is 1. The number of hydrogen-bond donors (Lipinski definition) is 2. The third-order valence-electron chi connectivity index (χ3n) is 2.32. The van der Waals surface area contributed by atoms with Crippen LogP contribution >= 0.6 is 11.3 Å². The Morgan fingerprint density at radius 2 is 2.44 bits per heavy atom. The smallest absolute Gasteiger partial charge is 0.0997 e. The van der Waals surface area contributed by atoms with Gasteiger partial charge in [-0.3, -0.25) is 0 Å². The molecule has 0 spiro atoms. The number of aromatic nitrogens is 4. The molecule has 0 bridgehead atoms. The van der Waals surface area contributed by atoms with Crippen LogP contribution in [-0.4, -0.2) is 26.9 Å². The number of likely N-dealkylation sites (N-methyl/N-ethyl adjacent to an activating group) is 1. The van der Waals surface area contributed by atoms with Crippen molar-refractivity contribution in [1.82, 2.24) is 25.7 Å². The number of nitrogens with one attached hydrogen (secondary N) is 2. The third-order valence-corrected chi connectivity index (χ3v) is 3.14. The summed E-state index contributed by atoms with van der Waals surface area (Å²) in [5.74, 6) is 0. The molecule has 5 nitrogen and oxygen atoms in total. The Bertz CT molecular complexity index is 422. The van der Waals surface area contributed by atoms with E-state index in [2.05, 4.69) is 38.0 Å². The second kappa shape index (κ2) is 5.18. The van der Waals surface area contributed by atoms with Crippen molar-refractivity contribution >= 4 is 11.3 Å². The lowest BCUT2D eigenvalue weighted by atomic mass is 10.1. The Labute approximate surface area is 98.3 Å². The van der Waals surface area contributed by atoms with Gasteiger partial charge in [0.1, 0.15) is 0 Å². The molecule has 0 aliphatic heterocycles. The summed E-state index contributed by atoms with van der Waals surface area (Å²) in [5.41, 5.74) is 2.05. The van der Waals surface area contributed by atoms with E-state index in [1.807, 2.05) is 6.92 Å². The van der Waals surface area contributed by atoms with Crippen molar-refractivity contribution < 1.29 is 0 Å². The van der Waals surface area contributed by atoms with Crippen LogP contribution in [0.15, 0.2) is 11.6 Å². The van der Waals surface area contributed by atoms with Gasteiger partial charge in [-0.1, -0.05) is 6.92 Å².